The summed E-state index contributed by atoms with van der Waals surface area (Å²) in [6.45, 7) is 1.17. The number of anilines is 1. The van der Waals surface area contributed by atoms with Gasteiger partial charge in [-0.2, -0.15) is 5.26 Å². The summed E-state index contributed by atoms with van der Waals surface area (Å²) in [7, 11) is 1.99. The van der Waals surface area contributed by atoms with Crippen molar-refractivity contribution < 1.29 is 9.69 Å². The molecule has 0 radical (unpaired) electrons. The summed E-state index contributed by atoms with van der Waals surface area (Å²) >= 11 is 3.41. The monoisotopic (exact) mass is 358 g/mol. The van der Waals surface area contributed by atoms with E-state index in [0.29, 0.717) is 17.8 Å². The summed E-state index contributed by atoms with van der Waals surface area (Å²) in [6, 6.07) is 17.0. The first-order valence-corrected chi connectivity index (χ1v) is 7.72. The van der Waals surface area contributed by atoms with Gasteiger partial charge in [0.1, 0.15) is 6.54 Å². The molecule has 0 aromatic heterocycles. The lowest BCUT2D eigenvalue weighted by Crippen LogP contribution is -3.08. The van der Waals surface area contributed by atoms with Crippen LogP contribution in [-0.4, -0.2) is 19.5 Å². The highest BCUT2D eigenvalue weighted by molar-refractivity contribution is 9.10. The highest BCUT2D eigenvalue weighted by atomic mass is 79.9. The predicted octanol–water partition coefficient (Wildman–Crippen LogP) is 1.97. The number of quaternary nitrogens is 1. The molecular formula is C17H17BrN3O+. The van der Waals surface area contributed by atoms with Crippen LogP contribution in [0.3, 0.4) is 0 Å². The van der Waals surface area contributed by atoms with Crippen LogP contribution in [-0.2, 0) is 11.3 Å². The zero-order valence-electron chi connectivity index (χ0n) is 12.3. The van der Waals surface area contributed by atoms with Gasteiger partial charge in [-0.3, -0.25) is 4.79 Å². The van der Waals surface area contributed by atoms with Crippen molar-refractivity contribution >= 4 is 27.5 Å². The highest BCUT2D eigenvalue weighted by Crippen LogP contribution is 2.10. The number of rotatable bonds is 5. The molecule has 0 aliphatic heterocycles. The number of nitrogens with one attached hydrogen (secondary N) is 2. The van der Waals surface area contributed by atoms with E-state index in [1.54, 1.807) is 24.3 Å². The van der Waals surface area contributed by atoms with Gasteiger partial charge in [0.05, 0.1) is 18.7 Å². The minimum absolute atomic E-state index is 0.0423. The SMILES string of the molecule is C[NH+](CC(=O)Nc1ccc(C#N)cc1)Cc1ccc(Br)cc1. The topological polar surface area (TPSA) is 57.3 Å². The molecule has 2 aromatic carbocycles. The predicted molar refractivity (Wildman–Crippen MR) is 89.4 cm³/mol. The Hall–Kier alpha value is -2.16. The van der Waals surface area contributed by atoms with Gasteiger partial charge in [0.25, 0.3) is 5.91 Å². The van der Waals surface area contributed by atoms with Crippen LogP contribution in [0.15, 0.2) is 53.0 Å². The van der Waals surface area contributed by atoms with Crippen molar-refractivity contribution in [2.75, 3.05) is 18.9 Å². The first-order chi connectivity index (χ1) is 10.6. The van der Waals surface area contributed by atoms with Crippen molar-refractivity contribution in [3.8, 4) is 6.07 Å². The summed E-state index contributed by atoms with van der Waals surface area (Å²) in [5.41, 5.74) is 2.48. The van der Waals surface area contributed by atoms with Crippen LogP contribution in [0, 0.1) is 11.3 Å². The van der Waals surface area contributed by atoms with Gasteiger partial charge < -0.3 is 10.2 Å². The Balaban J connectivity index is 1.85. The number of carbonyl (C=O) groups is 1. The van der Waals surface area contributed by atoms with Crippen molar-refractivity contribution in [1.82, 2.24) is 0 Å². The van der Waals surface area contributed by atoms with E-state index in [9.17, 15) is 4.79 Å². The molecule has 4 nitrogen and oxygen atoms in total. The zero-order valence-corrected chi connectivity index (χ0v) is 13.9. The number of halogens is 1. The lowest BCUT2D eigenvalue weighted by molar-refractivity contribution is -0.885. The van der Waals surface area contributed by atoms with Crippen molar-refractivity contribution in [2.45, 2.75) is 6.54 Å². The van der Waals surface area contributed by atoms with Crippen LogP contribution in [0.4, 0.5) is 5.69 Å². The number of nitrogens with zero attached hydrogens (tertiary/aromatic N) is 1. The minimum atomic E-state index is -0.0423. The average Bonchev–Trinajstić information content (AvgIpc) is 2.50. The molecule has 0 aliphatic rings. The Kier molecular flexibility index (Phi) is 5.70. The Morgan fingerprint density at radius 3 is 2.41 bits per heavy atom. The molecule has 0 aliphatic carbocycles. The molecule has 0 fully saturated rings. The molecule has 0 heterocycles. The fourth-order valence-electron chi connectivity index (χ4n) is 2.12. The fourth-order valence-corrected chi connectivity index (χ4v) is 2.38. The van der Waals surface area contributed by atoms with E-state index in [1.165, 1.54) is 5.56 Å². The normalized spacial score (nSPS) is 11.5. The lowest BCUT2D eigenvalue weighted by Gasteiger charge is -2.14. The number of benzene rings is 2. The third-order valence-corrected chi connectivity index (χ3v) is 3.71. The zero-order chi connectivity index (χ0) is 15.9. The van der Waals surface area contributed by atoms with Crippen LogP contribution in [0.2, 0.25) is 0 Å². The van der Waals surface area contributed by atoms with Crippen molar-refractivity contribution in [1.29, 1.82) is 5.26 Å². The average molecular weight is 359 g/mol. The number of hydrogen-bond donors (Lipinski definition) is 2. The number of hydrogen-bond acceptors (Lipinski definition) is 2. The van der Waals surface area contributed by atoms with E-state index >= 15 is 0 Å². The number of carbonyl (C=O) groups excluding carboxylic acids is 1. The van der Waals surface area contributed by atoms with Crippen LogP contribution in [0.25, 0.3) is 0 Å². The van der Waals surface area contributed by atoms with Gasteiger partial charge in [-0.15, -0.1) is 0 Å². The van der Waals surface area contributed by atoms with E-state index < -0.39 is 0 Å². The van der Waals surface area contributed by atoms with E-state index in [-0.39, 0.29) is 5.91 Å². The first-order valence-electron chi connectivity index (χ1n) is 6.92. The van der Waals surface area contributed by atoms with Crippen molar-refractivity contribution in [2.24, 2.45) is 0 Å². The standard InChI is InChI=1S/C17H16BrN3O/c1-21(11-14-2-6-15(18)7-3-14)12-17(22)20-16-8-4-13(10-19)5-9-16/h2-9H,11-12H2,1H3,(H,20,22)/p+1. The van der Waals surface area contributed by atoms with E-state index in [4.69, 9.17) is 5.26 Å². The minimum Gasteiger partial charge on any atom is -0.326 e. The van der Waals surface area contributed by atoms with Crippen LogP contribution >= 0.6 is 15.9 Å². The third kappa shape index (κ3) is 4.99. The van der Waals surface area contributed by atoms with Gasteiger partial charge in [-0.1, -0.05) is 28.1 Å². The van der Waals surface area contributed by atoms with Gasteiger partial charge in [-0.05, 0) is 36.4 Å². The molecule has 2 N–H and O–H groups in total. The second-order valence-electron chi connectivity index (χ2n) is 5.17. The van der Waals surface area contributed by atoms with E-state index in [0.717, 1.165) is 15.9 Å². The summed E-state index contributed by atoms with van der Waals surface area (Å²) in [5.74, 6) is -0.0423. The Morgan fingerprint density at radius 2 is 1.82 bits per heavy atom. The molecule has 0 spiro atoms. The van der Waals surface area contributed by atoms with Crippen LogP contribution in [0.5, 0.6) is 0 Å². The molecule has 1 amide bonds. The molecule has 22 heavy (non-hydrogen) atoms. The Labute approximate surface area is 138 Å². The molecule has 112 valence electrons. The van der Waals surface area contributed by atoms with Crippen LogP contribution < -0.4 is 10.2 Å². The first kappa shape index (κ1) is 16.2. The van der Waals surface area contributed by atoms with Gasteiger partial charge in [0.2, 0.25) is 0 Å². The molecular weight excluding hydrogens is 342 g/mol. The lowest BCUT2D eigenvalue weighted by atomic mass is 10.2. The number of amides is 1. The maximum atomic E-state index is 12.0. The molecule has 2 rings (SSSR count). The maximum absolute atomic E-state index is 12.0. The smallest absolute Gasteiger partial charge is 0.279 e. The number of likely N-dealkylation sites (N-methyl/N-ethyl adjacent to an activating group) is 1. The maximum Gasteiger partial charge on any atom is 0.279 e. The van der Waals surface area contributed by atoms with E-state index in [1.807, 2.05) is 31.3 Å². The second-order valence-corrected chi connectivity index (χ2v) is 6.09. The van der Waals surface area contributed by atoms with Gasteiger partial charge in [0, 0.05) is 15.7 Å². The van der Waals surface area contributed by atoms with Crippen molar-refractivity contribution in [3.63, 3.8) is 0 Å². The molecule has 0 saturated carbocycles. The summed E-state index contributed by atoms with van der Waals surface area (Å²) < 4.78 is 1.05. The van der Waals surface area contributed by atoms with E-state index in [2.05, 4.69) is 27.3 Å². The molecule has 1 unspecified atom stereocenters. The van der Waals surface area contributed by atoms with Crippen molar-refractivity contribution in [3.05, 3.63) is 64.1 Å². The third-order valence-electron chi connectivity index (χ3n) is 3.18. The Morgan fingerprint density at radius 1 is 1.18 bits per heavy atom. The summed E-state index contributed by atoms with van der Waals surface area (Å²) in [5, 5.41) is 11.6. The second kappa shape index (κ2) is 7.74. The van der Waals surface area contributed by atoms with Gasteiger partial charge >= 0.3 is 0 Å². The number of nitriles is 1. The van der Waals surface area contributed by atoms with Gasteiger partial charge in [0.15, 0.2) is 6.54 Å². The van der Waals surface area contributed by atoms with Crippen LogP contribution in [0.1, 0.15) is 11.1 Å². The molecule has 0 saturated heterocycles. The molecule has 5 heteroatoms. The van der Waals surface area contributed by atoms with Gasteiger partial charge in [-0.25, -0.2) is 0 Å². The summed E-state index contributed by atoms with van der Waals surface area (Å²) in [4.78, 5) is 13.1. The summed E-state index contributed by atoms with van der Waals surface area (Å²) in [6.07, 6.45) is 0. The molecule has 0 bridgehead atoms. The molecule has 1 atom stereocenters. The largest absolute Gasteiger partial charge is 0.326 e. The quantitative estimate of drug-likeness (QED) is 0.858. The highest BCUT2D eigenvalue weighted by Gasteiger charge is 2.10. The fraction of sp³-hybridized carbons (Fsp3) is 0.176. The molecule has 2 aromatic rings. The Bertz CT molecular complexity index is 675.